The van der Waals surface area contributed by atoms with Gasteiger partial charge in [-0.25, -0.2) is 9.07 Å². The maximum absolute atomic E-state index is 13.3. The normalized spacial score (nSPS) is 12.7. The van der Waals surface area contributed by atoms with Gasteiger partial charge in [0.2, 0.25) is 0 Å². The highest BCUT2D eigenvalue weighted by Crippen LogP contribution is 2.28. The van der Waals surface area contributed by atoms with Crippen LogP contribution in [-0.4, -0.2) is 40.8 Å². The summed E-state index contributed by atoms with van der Waals surface area (Å²) in [5.74, 6) is 0.273. The van der Waals surface area contributed by atoms with Crippen LogP contribution in [0.25, 0.3) is 5.69 Å². The molecule has 1 aliphatic rings. The Balaban J connectivity index is 1.47. The van der Waals surface area contributed by atoms with Crippen LogP contribution in [0.15, 0.2) is 48.5 Å². The predicted octanol–water partition coefficient (Wildman–Crippen LogP) is 4.30. The van der Waals surface area contributed by atoms with Crippen molar-refractivity contribution in [1.82, 2.24) is 14.7 Å². The van der Waals surface area contributed by atoms with Gasteiger partial charge in [0, 0.05) is 23.3 Å². The molecule has 0 saturated heterocycles. The number of fused-ring (bicyclic) bond motifs is 1. The first-order valence-corrected chi connectivity index (χ1v) is 9.91. The zero-order valence-electron chi connectivity index (χ0n) is 16.1. The van der Waals surface area contributed by atoms with Crippen molar-refractivity contribution in [2.75, 3.05) is 20.2 Å². The van der Waals surface area contributed by atoms with Crippen LogP contribution in [0, 0.1) is 5.82 Å². The fourth-order valence-electron chi connectivity index (χ4n) is 3.52. The van der Waals surface area contributed by atoms with Gasteiger partial charge in [-0.05, 0) is 67.8 Å². The first-order valence-electron chi connectivity index (χ1n) is 9.53. The van der Waals surface area contributed by atoms with Gasteiger partial charge in [-0.3, -0.25) is 4.79 Å². The third kappa shape index (κ3) is 4.12. The topological polar surface area (TPSA) is 47.4 Å². The Morgan fingerprint density at radius 2 is 1.90 bits per heavy atom. The van der Waals surface area contributed by atoms with E-state index in [4.69, 9.17) is 16.3 Å². The summed E-state index contributed by atoms with van der Waals surface area (Å²) in [7, 11) is 1.74. The molecule has 7 heteroatoms. The number of hydrogen-bond donors (Lipinski definition) is 0. The van der Waals surface area contributed by atoms with Gasteiger partial charge in [0.25, 0.3) is 5.91 Å². The van der Waals surface area contributed by atoms with E-state index < -0.39 is 0 Å². The third-order valence-corrected chi connectivity index (χ3v) is 5.31. The summed E-state index contributed by atoms with van der Waals surface area (Å²) in [5, 5.41) is 5.22. The molecule has 0 atom stereocenters. The monoisotopic (exact) mass is 413 g/mol. The number of benzene rings is 2. The molecule has 0 unspecified atom stereocenters. The highest BCUT2D eigenvalue weighted by molar-refractivity contribution is 6.30. The minimum atomic E-state index is -0.297. The Hall–Kier alpha value is -2.86. The van der Waals surface area contributed by atoms with Crippen molar-refractivity contribution in [1.29, 1.82) is 0 Å². The Morgan fingerprint density at radius 3 is 2.62 bits per heavy atom. The number of carbonyl (C=O) groups is 1. The molecule has 1 aromatic heterocycles. The van der Waals surface area contributed by atoms with Gasteiger partial charge >= 0.3 is 0 Å². The summed E-state index contributed by atoms with van der Waals surface area (Å²) >= 11 is 5.87. The molecule has 1 heterocycles. The Labute approximate surface area is 173 Å². The number of carbonyl (C=O) groups excluding carboxylic acids is 1. The van der Waals surface area contributed by atoms with Crippen LogP contribution in [0.2, 0.25) is 5.02 Å². The standard InChI is InChI=1S/C22H21ClFN3O2/c1-26(13-14-29-18-11-5-15(23)6-12-18)22(28)21-19-3-2-4-20(19)27(25-21)17-9-7-16(24)8-10-17/h5-12H,2-4,13-14H2,1H3. The van der Waals surface area contributed by atoms with E-state index in [0.717, 1.165) is 36.2 Å². The largest absolute Gasteiger partial charge is 0.492 e. The van der Waals surface area contributed by atoms with Gasteiger partial charge in [0.15, 0.2) is 5.69 Å². The number of aromatic nitrogens is 2. The summed E-state index contributed by atoms with van der Waals surface area (Å²) in [4.78, 5) is 14.6. The van der Waals surface area contributed by atoms with E-state index in [1.54, 1.807) is 53.0 Å². The van der Waals surface area contributed by atoms with E-state index in [1.807, 2.05) is 0 Å². The fraction of sp³-hybridized carbons (Fsp3) is 0.273. The second kappa shape index (κ2) is 8.25. The molecule has 1 aliphatic carbocycles. The summed E-state index contributed by atoms with van der Waals surface area (Å²) < 4.78 is 20.7. The average Bonchev–Trinajstić information content (AvgIpc) is 3.32. The molecule has 0 spiro atoms. The Bertz CT molecular complexity index is 1020. The number of ether oxygens (including phenoxy) is 1. The molecule has 0 aliphatic heterocycles. The van der Waals surface area contributed by atoms with E-state index >= 15 is 0 Å². The van der Waals surface area contributed by atoms with E-state index in [2.05, 4.69) is 5.10 Å². The second-order valence-electron chi connectivity index (χ2n) is 7.04. The van der Waals surface area contributed by atoms with Crippen LogP contribution in [0.4, 0.5) is 4.39 Å². The minimum Gasteiger partial charge on any atom is -0.492 e. The zero-order chi connectivity index (χ0) is 20.4. The average molecular weight is 414 g/mol. The quantitative estimate of drug-likeness (QED) is 0.605. The number of amides is 1. The van der Waals surface area contributed by atoms with Crippen molar-refractivity contribution in [2.24, 2.45) is 0 Å². The van der Waals surface area contributed by atoms with Crippen LogP contribution >= 0.6 is 11.6 Å². The minimum absolute atomic E-state index is 0.135. The lowest BCUT2D eigenvalue weighted by molar-refractivity contribution is 0.0766. The Kier molecular flexibility index (Phi) is 5.53. The highest BCUT2D eigenvalue weighted by Gasteiger charge is 2.28. The number of halogens is 2. The summed E-state index contributed by atoms with van der Waals surface area (Å²) in [6, 6.07) is 13.3. The van der Waals surface area contributed by atoms with Crippen LogP contribution < -0.4 is 4.74 Å². The van der Waals surface area contributed by atoms with Gasteiger partial charge in [-0.1, -0.05) is 11.6 Å². The molecule has 4 rings (SSSR count). The number of rotatable bonds is 6. The molecule has 1 amide bonds. The number of hydrogen-bond acceptors (Lipinski definition) is 3. The van der Waals surface area contributed by atoms with Crippen LogP contribution in [0.3, 0.4) is 0 Å². The van der Waals surface area contributed by atoms with Crippen molar-refractivity contribution in [2.45, 2.75) is 19.3 Å². The van der Waals surface area contributed by atoms with Gasteiger partial charge in [-0.15, -0.1) is 0 Å². The lowest BCUT2D eigenvalue weighted by Gasteiger charge is -2.17. The predicted molar refractivity (Wildman–Crippen MR) is 109 cm³/mol. The molecule has 2 aromatic carbocycles. The summed E-state index contributed by atoms with van der Waals surface area (Å²) in [6.45, 7) is 0.796. The molecule has 0 radical (unpaired) electrons. The van der Waals surface area contributed by atoms with Crippen LogP contribution in [-0.2, 0) is 12.8 Å². The molecule has 0 saturated carbocycles. The molecule has 150 valence electrons. The smallest absolute Gasteiger partial charge is 0.274 e. The zero-order valence-corrected chi connectivity index (χ0v) is 16.8. The van der Waals surface area contributed by atoms with Crippen molar-refractivity contribution in [3.63, 3.8) is 0 Å². The van der Waals surface area contributed by atoms with E-state index in [1.165, 1.54) is 12.1 Å². The highest BCUT2D eigenvalue weighted by atomic mass is 35.5. The summed E-state index contributed by atoms with van der Waals surface area (Å²) in [6.07, 6.45) is 2.67. The molecule has 5 nitrogen and oxygen atoms in total. The first kappa shape index (κ1) is 19.5. The molecule has 0 bridgehead atoms. The Morgan fingerprint density at radius 1 is 1.17 bits per heavy atom. The van der Waals surface area contributed by atoms with E-state index in [-0.39, 0.29) is 11.7 Å². The maximum atomic E-state index is 13.3. The van der Waals surface area contributed by atoms with Gasteiger partial charge in [0.1, 0.15) is 18.2 Å². The lowest BCUT2D eigenvalue weighted by Crippen LogP contribution is -2.31. The fourth-order valence-corrected chi connectivity index (χ4v) is 3.64. The van der Waals surface area contributed by atoms with Crippen LogP contribution in [0.5, 0.6) is 5.75 Å². The second-order valence-corrected chi connectivity index (χ2v) is 7.48. The van der Waals surface area contributed by atoms with Crippen molar-refractivity contribution >= 4 is 17.5 Å². The van der Waals surface area contributed by atoms with Crippen molar-refractivity contribution in [3.8, 4) is 11.4 Å². The molecule has 29 heavy (non-hydrogen) atoms. The third-order valence-electron chi connectivity index (χ3n) is 5.06. The summed E-state index contributed by atoms with van der Waals surface area (Å²) in [5.41, 5.74) is 3.25. The SMILES string of the molecule is CN(CCOc1ccc(Cl)cc1)C(=O)c1nn(-c2ccc(F)cc2)c2c1CCC2. The van der Waals surface area contributed by atoms with Crippen molar-refractivity contribution in [3.05, 3.63) is 76.3 Å². The van der Waals surface area contributed by atoms with Crippen molar-refractivity contribution < 1.29 is 13.9 Å². The van der Waals surface area contributed by atoms with Crippen LogP contribution in [0.1, 0.15) is 28.2 Å². The van der Waals surface area contributed by atoms with E-state index in [9.17, 15) is 9.18 Å². The molecule has 0 N–H and O–H groups in total. The number of likely N-dealkylation sites (N-methyl/N-ethyl adjacent to an activating group) is 1. The molecule has 3 aromatic rings. The van der Waals surface area contributed by atoms with Gasteiger partial charge in [0.05, 0.1) is 12.2 Å². The maximum Gasteiger partial charge on any atom is 0.274 e. The van der Waals surface area contributed by atoms with E-state index in [0.29, 0.717) is 29.6 Å². The molecular formula is C22H21ClFN3O2. The van der Waals surface area contributed by atoms with Gasteiger partial charge < -0.3 is 9.64 Å². The molecule has 0 fully saturated rings. The number of nitrogens with zero attached hydrogens (tertiary/aromatic N) is 3. The van der Waals surface area contributed by atoms with Gasteiger partial charge in [-0.2, -0.15) is 5.10 Å². The molecular weight excluding hydrogens is 393 g/mol. The lowest BCUT2D eigenvalue weighted by atomic mass is 10.2. The first-order chi connectivity index (χ1) is 14.0.